The van der Waals surface area contributed by atoms with Gasteiger partial charge in [0.15, 0.2) is 6.79 Å². The number of hydrogen-bond acceptors (Lipinski definition) is 3. The lowest BCUT2D eigenvalue weighted by molar-refractivity contribution is -0.369. The van der Waals surface area contributed by atoms with E-state index in [0.717, 1.165) is 34.8 Å². The Morgan fingerprint density at radius 2 is 1.06 bits per heavy atom. The van der Waals surface area contributed by atoms with Crippen LogP contribution in [0.3, 0.4) is 0 Å². The summed E-state index contributed by atoms with van der Waals surface area (Å²) >= 11 is 0. The number of aromatic nitrogens is 1. The largest absolute Gasteiger partial charge is 0.310 e. The Bertz CT molecular complexity index is 3390. The van der Waals surface area contributed by atoms with Gasteiger partial charge in [0.1, 0.15) is 0 Å². The van der Waals surface area contributed by atoms with Gasteiger partial charge in [0.2, 0.25) is 0 Å². The van der Waals surface area contributed by atoms with Gasteiger partial charge >= 0.3 is 0 Å². The molecule has 0 radical (unpaired) electrons. The highest BCUT2D eigenvalue weighted by atomic mass is 32.3. The predicted molar refractivity (Wildman–Crippen MR) is 269 cm³/mol. The molecule has 2 spiro atoms. The zero-order chi connectivity index (χ0) is 43.4. The average Bonchev–Trinajstić information content (AvgIpc) is 3.67. The Balaban J connectivity index is 0.895. The maximum absolute atomic E-state index is 6.95. The molecule has 0 amide bonds. The van der Waals surface area contributed by atoms with Crippen molar-refractivity contribution in [1.82, 2.24) is 4.57 Å². The van der Waals surface area contributed by atoms with Crippen LogP contribution in [0, 0.1) is 23.2 Å². The van der Waals surface area contributed by atoms with Crippen molar-refractivity contribution in [2.24, 2.45) is 23.2 Å². The standard InChI is InChI=1S/C61H50N2O2S/c1-40-33-44-36-59-38-60(37-45(34-40)61(44,59)60)53-32-31-48(35-58(53)66(64-39-65-66)57-22-12-8-18-52(57)59)62(46-27-23-42(24-28-46)41-13-3-2-4-14-41)47-29-25-43(26-30-47)49-15-5-9-19-54(49)63-55-20-10-6-16-50(55)51-17-7-11-21-56(51)63/h2-32,35,40,44-45H,33-34,36-39H2,1H3/t40-,44-,45+,59?,60?,61?/m0/s1. The molecule has 6 atom stereocenters. The minimum absolute atomic E-state index is 0.179. The molecule has 2 aliphatic heterocycles. The molecular formula is C61H50N2O2S. The summed E-state index contributed by atoms with van der Waals surface area (Å²) in [5, 5.41) is 2.53. The van der Waals surface area contributed by atoms with Crippen LogP contribution in [0.5, 0.6) is 0 Å². The minimum Gasteiger partial charge on any atom is -0.310 e. The van der Waals surface area contributed by atoms with Crippen LogP contribution in [-0.4, -0.2) is 11.4 Å². The van der Waals surface area contributed by atoms with Gasteiger partial charge in [0, 0.05) is 44.2 Å². The zero-order valence-electron chi connectivity index (χ0n) is 37.1. The molecule has 4 nitrogen and oxygen atoms in total. The van der Waals surface area contributed by atoms with Crippen molar-refractivity contribution in [1.29, 1.82) is 0 Å². The number of para-hydroxylation sites is 3. The van der Waals surface area contributed by atoms with E-state index in [1.165, 1.54) is 103 Å². The maximum atomic E-state index is 6.95. The van der Waals surface area contributed by atoms with Gasteiger partial charge in [-0.15, -0.1) is 10.6 Å². The lowest BCUT2D eigenvalue weighted by Crippen LogP contribution is -2.90. The molecule has 5 fully saturated rings. The number of fused-ring (bicyclic) bond motifs is 7. The van der Waals surface area contributed by atoms with Crippen LogP contribution in [0.15, 0.2) is 204 Å². The van der Waals surface area contributed by atoms with Gasteiger partial charge in [-0.25, -0.2) is 8.37 Å². The predicted octanol–water partition coefficient (Wildman–Crippen LogP) is 16.0. The summed E-state index contributed by atoms with van der Waals surface area (Å²) in [6, 6.07) is 72.2. The highest BCUT2D eigenvalue weighted by Crippen LogP contribution is 2.96. The summed E-state index contributed by atoms with van der Waals surface area (Å²) < 4.78 is 16.3. The van der Waals surface area contributed by atoms with Crippen LogP contribution in [0.1, 0.15) is 50.2 Å². The van der Waals surface area contributed by atoms with Crippen molar-refractivity contribution >= 4 is 49.5 Å². The van der Waals surface area contributed by atoms with E-state index < -0.39 is 10.6 Å². The number of hydrogen-bond donors (Lipinski definition) is 0. The van der Waals surface area contributed by atoms with Crippen molar-refractivity contribution in [2.75, 3.05) is 11.7 Å². The molecule has 1 aromatic heterocycles. The van der Waals surface area contributed by atoms with Gasteiger partial charge in [-0.1, -0.05) is 140 Å². The first-order valence-electron chi connectivity index (χ1n) is 24.0. The summed E-state index contributed by atoms with van der Waals surface area (Å²) in [5.74, 6) is 2.40. The molecule has 4 saturated carbocycles. The van der Waals surface area contributed by atoms with E-state index in [1.54, 1.807) is 0 Å². The van der Waals surface area contributed by atoms with Crippen molar-refractivity contribution < 1.29 is 8.37 Å². The molecule has 322 valence electrons. The molecule has 1 saturated heterocycles. The summed E-state index contributed by atoms with van der Waals surface area (Å²) in [6.45, 7) is 2.85. The molecular weight excluding hydrogens is 825 g/mol. The molecule has 6 aliphatic rings. The molecule has 66 heavy (non-hydrogen) atoms. The second kappa shape index (κ2) is 13.4. The number of benzene rings is 8. The van der Waals surface area contributed by atoms with E-state index in [2.05, 4.69) is 211 Å². The molecule has 3 heterocycles. The molecule has 0 N–H and O–H groups in total. The quantitative estimate of drug-likeness (QED) is 0.167. The fraction of sp³-hybridized carbons (Fsp3) is 0.213. The Morgan fingerprint density at radius 3 is 1.73 bits per heavy atom. The smallest absolute Gasteiger partial charge is 0.195 e. The maximum Gasteiger partial charge on any atom is 0.195 e. The number of rotatable bonds is 6. The van der Waals surface area contributed by atoms with E-state index in [1.807, 2.05) is 0 Å². The van der Waals surface area contributed by atoms with Crippen LogP contribution in [0.2, 0.25) is 0 Å². The molecule has 8 aromatic carbocycles. The van der Waals surface area contributed by atoms with E-state index in [9.17, 15) is 0 Å². The normalized spacial score (nSPS) is 27.3. The summed E-state index contributed by atoms with van der Waals surface area (Å²) in [4.78, 5) is 5.05. The first-order chi connectivity index (χ1) is 32.5. The molecule has 15 rings (SSSR count). The third kappa shape index (κ3) is 4.59. The minimum atomic E-state index is -2.16. The highest BCUT2D eigenvalue weighted by molar-refractivity contribution is 8.26. The van der Waals surface area contributed by atoms with Crippen molar-refractivity contribution in [3.63, 3.8) is 0 Å². The SMILES string of the molecule is C[C@@H]1C[C@@H]2CC34CC5(C[C@H](C1)C235)c1ccccc1S1(OCO1)c1cc(N(c2ccc(-c3ccccc3)cc2)c2ccc(-c3ccccc3-n3c5ccccc5c5ccccc53)cc2)ccc14. The summed E-state index contributed by atoms with van der Waals surface area (Å²) in [6.07, 6.45) is 6.60. The molecule has 2 bridgehead atoms. The second-order valence-corrected chi connectivity index (χ2v) is 22.7. The summed E-state index contributed by atoms with van der Waals surface area (Å²) in [7, 11) is -2.16. The molecule has 9 aromatic rings. The topological polar surface area (TPSA) is 26.6 Å². The van der Waals surface area contributed by atoms with Crippen LogP contribution in [-0.2, 0) is 19.2 Å². The zero-order valence-corrected chi connectivity index (χ0v) is 37.9. The Hall–Kier alpha value is -6.37. The third-order valence-corrected chi connectivity index (χ3v) is 20.3. The first-order valence-corrected chi connectivity index (χ1v) is 25.5. The van der Waals surface area contributed by atoms with E-state index in [0.29, 0.717) is 12.2 Å². The highest BCUT2D eigenvalue weighted by Gasteiger charge is 2.91. The first kappa shape index (κ1) is 37.8. The van der Waals surface area contributed by atoms with Crippen LogP contribution in [0.25, 0.3) is 49.7 Å². The third-order valence-electron chi connectivity index (χ3n) is 17.6. The van der Waals surface area contributed by atoms with Crippen molar-refractivity contribution in [3.05, 3.63) is 205 Å². The number of nitrogens with zero attached hydrogens (tertiary/aromatic N) is 2. The lowest BCUT2D eigenvalue weighted by Gasteiger charge is -2.93. The second-order valence-electron chi connectivity index (χ2n) is 20.3. The van der Waals surface area contributed by atoms with Crippen LogP contribution in [0.4, 0.5) is 17.1 Å². The van der Waals surface area contributed by atoms with Gasteiger partial charge in [-0.05, 0) is 144 Å². The molecule has 5 heteroatoms. The molecule has 3 unspecified atom stereocenters. The van der Waals surface area contributed by atoms with Gasteiger partial charge in [-0.2, -0.15) is 0 Å². The summed E-state index contributed by atoms with van der Waals surface area (Å²) in [5.41, 5.74) is 15.5. The Kier molecular flexibility index (Phi) is 7.67. The van der Waals surface area contributed by atoms with Crippen LogP contribution >= 0.6 is 10.6 Å². The molecule has 4 aliphatic carbocycles. The Morgan fingerprint density at radius 1 is 0.515 bits per heavy atom. The lowest BCUT2D eigenvalue weighted by atomic mass is 9.11. The van der Waals surface area contributed by atoms with E-state index in [-0.39, 0.29) is 10.8 Å². The fourth-order valence-corrected chi connectivity index (χ4v) is 18.2. The average molecular weight is 875 g/mol. The van der Waals surface area contributed by atoms with E-state index >= 15 is 0 Å². The van der Waals surface area contributed by atoms with Crippen molar-refractivity contribution in [3.8, 4) is 27.9 Å². The number of anilines is 3. The van der Waals surface area contributed by atoms with Crippen molar-refractivity contribution in [2.45, 2.75) is 59.6 Å². The van der Waals surface area contributed by atoms with Gasteiger partial charge in [0.05, 0.1) is 26.5 Å². The van der Waals surface area contributed by atoms with Gasteiger partial charge < -0.3 is 9.47 Å². The Labute approximate surface area is 388 Å². The fourth-order valence-electron chi connectivity index (χ4n) is 15.5. The van der Waals surface area contributed by atoms with Crippen LogP contribution < -0.4 is 4.90 Å². The van der Waals surface area contributed by atoms with Gasteiger partial charge in [0.25, 0.3) is 0 Å². The monoisotopic (exact) mass is 874 g/mol. The van der Waals surface area contributed by atoms with Gasteiger partial charge in [-0.3, -0.25) is 0 Å². The van der Waals surface area contributed by atoms with E-state index in [4.69, 9.17) is 8.37 Å².